The average molecular weight is 406 g/mol. The number of amides is 1. The van der Waals surface area contributed by atoms with Crippen LogP contribution in [0.3, 0.4) is 0 Å². The van der Waals surface area contributed by atoms with Gasteiger partial charge < -0.3 is 10.1 Å². The molecule has 1 aliphatic rings. The lowest BCUT2D eigenvalue weighted by atomic mass is 9.95. The van der Waals surface area contributed by atoms with Crippen LogP contribution in [0.25, 0.3) is 0 Å². The van der Waals surface area contributed by atoms with E-state index < -0.39 is 16.8 Å². The van der Waals surface area contributed by atoms with Gasteiger partial charge in [-0.3, -0.25) is 19.6 Å². The lowest BCUT2D eigenvalue weighted by Crippen LogP contribution is -2.21. The van der Waals surface area contributed by atoms with Gasteiger partial charge in [0.2, 0.25) is 5.91 Å². The molecular formula is C18H22N4O5S. The topological polar surface area (TPSA) is 116 Å². The Morgan fingerprint density at radius 1 is 1.32 bits per heavy atom. The summed E-state index contributed by atoms with van der Waals surface area (Å²) in [5.74, 6) is -0.830. The van der Waals surface area contributed by atoms with E-state index in [9.17, 15) is 19.7 Å². The van der Waals surface area contributed by atoms with Gasteiger partial charge in [-0.2, -0.15) is 5.10 Å². The Morgan fingerprint density at radius 3 is 2.68 bits per heavy atom. The number of carbonyl (C=O) groups excluding carboxylic acids is 2. The van der Waals surface area contributed by atoms with Gasteiger partial charge in [-0.15, -0.1) is 11.3 Å². The lowest BCUT2D eigenvalue weighted by Gasteiger charge is -2.12. The van der Waals surface area contributed by atoms with Gasteiger partial charge in [0.05, 0.1) is 17.1 Å². The number of rotatable bonds is 6. The van der Waals surface area contributed by atoms with Gasteiger partial charge in [0.25, 0.3) is 0 Å². The van der Waals surface area contributed by atoms with E-state index in [1.807, 2.05) is 0 Å². The highest BCUT2D eigenvalue weighted by Gasteiger charge is 2.28. The summed E-state index contributed by atoms with van der Waals surface area (Å²) in [6.07, 6.45) is 3.73. The molecule has 2 aromatic rings. The minimum Gasteiger partial charge on any atom is -0.462 e. The molecule has 1 aliphatic carbocycles. The highest BCUT2D eigenvalue weighted by molar-refractivity contribution is 7.17. The molecule has 0 aromatic carbocycles. The summed E-state index contributed by atoms with van der Waals surface area (Å²) in [5.41, 5.74) is 1.88. The molecule has 3 rings (SSSR count). The van der Waals surface area contributed by atoms with Crippen LogP contribution in [0.2, 0.25) is 0 Å². The number of ether oxygens (including phenoxy) is 1. The van der Waals surface area contributed by atoms with Crippen LogP contribution >= 0.6 is 11.3 Å². The highest BCUT2D eigenvalue weighted by atomic mass is 32.1. The van der Waals surface area contributed by atoms with Crippen molar-refractivity contribution in [3.8, 4) is 0 Å². The van der Waals surface area contributed by atoms with Gasteiger partial charge in [-0.05, 0) is 52.0 Å². The van der Waals surface area contributed by atoms with Crippen molar-refractivity contribution in [3.05, 3.63) is 37.5 Å². The Morgan fingerprint density at radius 2 is 2.04 bits per heavy atom. The Labute approximate surface area is 165 Å². The number of aryl methyl sites for hydroxylation is 2. The zero-order valence-electron chi connectivity index (χ0n) is 16.0. The summed E-state index contributed by atoms with van der Waals surface area (Å²) in [7, 11) is 0. The minimum absolute atomic E-state index is 0.0911. The molecule has 2 aromatic heterocycles. The Bertz CT molecular complexity index is 946. The van der Waals surface area contributed by atoms with Gasteiger partial charge >= 0.3 is 11.7 Å². The number of nitrogens with one attached hydrogen (secondary N) is 1. The normalized spacial score (nSPS) is 13.1. The number of carbonyl (C=O) groups is 2. The number of hydrogen-bond acceptors (Lipinski definition) is 7. The van der Waals surface area contributed by atoms with E-state index in [2.05, 4.69) is 10.4 Å². The van der Waals surface area contributed by atoms with Gasteiger partial charge in [0.1, 0.15) is 22.9 Å². The molecule has 0 saturated heterocycles. The molecule has 10 heteroatoms. The van der Waals surface area contributed by atoms with Crippen LogP contribution in [0.15, 0.2) is 0 Å². The minimum atomic E-state index is -0.502. The number of aromatic nitrogens is 2. The number of anilines is 1. The molecule has 28 heavy (non-hydrogen) atoms. The van der Waals surface area contributed by atoms with Crippen molar-refractivity contribution in [2.75, 3.05) is 11.9 Å². The SMILES string of the molecule is CCOC(=O)c1c(NC(=O)Cn2nc(C)c([N+](=O)[O-])c2C)sc2c1CCCC2. The van der Waals surface area contributed by atoms with Crippen molar-refractivity contribution in [2.24, 2.45) is 0 Å². The number of hydrogen-bond donors (Lipinski definition) is 1. The first-order valence-electron chi connectivity index (χ1n) is 9.13. The number of fused-ring (bicyclic) bond motifs is 1. The van der Waals surface area contributed by atoms with Crippen molar-refractivity contribution >= 4 is 33.9 Å². The summed E-state index contributed by atoms with van der Waals surface area (Å²) < 4.78 is 6.49. The first kappa shape index (κ1) is 20.0. The van der Waals surface area contributed by atoms with Crippen LogP contribution in [-0.4, -0.2) is 33.2 Å². The zero-order chi connectivity index (χ0) is 20.4. The van der Waals surface area contributed by atoms with E-state index in [4.69, 9.17) is 4.74 Å². The van der Waals surface area contributed by atoms with Gasteiger partial charge in [0.15, 0.2) is 0 Å². The molecule has 150 valence electrons. The van der Waals surface area contributed by atoms with Crippen molar-refractivity contribution < 1.29 is 19.2 Å². The molecule has 1 amide bonds. The number of esters is 1. The average Bonchev–Trinajstić information content (AvgIpc) is 3.11. The van der Waals surface area contributed by atoms with E-state index >= 15 is 0 Å². The molecule has 0 bridgehead atoms. The van der Waals surface area contributed by atoms with Crippen molar-refractivity contribution in [1.29, 1.82) is 0 Å². The number of nitrogens with zero attached hydrogens (tertiary/aromatic N) is 3. The van der Waals surface area contributed by atoms with Crippen molar-refractivity contribution in [2.45, 2.75) is 53.0 Å². The fourth-order valence-electron chi connectivity index (χ4n) is 3.48. The maximum absolute atomic E-state index is 12.6. The summed E-state index contributed by atoms with van der Waals surface area (Å²) in [4.78, 5) is 36.8. The zero-order valence-corrected chi connectivity index (χ0v) is 16.9. The van der Waals surface area contributed by atoms with Crippen LogP contribution in [0.1, 0.15) is 52.0 Å². The molecule has 0 aliphatic heterocycles. The van der Waals surface area contributed by atoms with E-state index in [0.29, 0.717) is 16.3 Å². The molecule has 0 radical (unpaired) electrons. The summed E-state index contributed by atoms with van der Waals surface area (Å²) >= 11 is 1.40. The summed E-state index contributed by atoms with van der Waals surface area (Å²) in [5, 5.41) is 18.5. The molecule has 2 heterocycles. The third-order valence-electron chi connectivity index (χ3n) is 4.72. The smallest absolute Gasteiger partial charge is 0.341 e. The van der Waals surface area contributed by atoms with E-state index in [0.717, 1.165) is 36.1 Å². The largest absolute Gasteiger partial charge is 0.462 e. The second-order valence-corrected chi connectivity index (χ2v) is 7.72. The fraction of sp³-hybridized carbons (Fsp3) is 0.500. The fourth-order valence-corrected chi connectivity index (χ4v) is 4.77. The Hall–Kier alpha value is -2.75. The first-order valence-corrected chi connectivity index (χ1v) is 9.95. The first-order chi connectivity index (χ1) is 13.3. The molecule has 0 fully saturated rings. The molecule has 0 atom stereocenters. The monoisotopic (exact) mass is 406 g/mol. The van der Waals surface area contributed by atoms with E-state index in [1.165, 1.54) is 22.9 Å². The summed E-state index contributed by atoms with van der Waals surface area (Å²) in [6.45, 7) is 4.91. The second kappa shape index (κ2) is 8.09. The third kappa shape index (κ3) is 3.77. The van der Waals surface area contributed by atoms with Crippen LogP contribution in [-0.2, 0) is 28.9 Å². The standard InChI is InChI=1S/C18H22N4O5S/c1-4-27-18(24)15-12-7-5-6-8-13(12)28-17(15)19-14(23)9-21-11(3)16(22(25)26)10(2)20-21/h4-9H2,1-3H3,(H,19,23). The predicted octanol–water partition coefficient (Wildman–Crippen LogP) is 3.16. The predicted molar refractivity (Wildman–Crippen MR) is 104 cm³/mol. The Kier molecular flexibility index (Phi) is 5.78. The van der Waals surface area contributed by atoms with E-state index in [1.54, 1.807) is 13.8 Å². The van der Waals surface area contributed by atoms with Crippen LogP contribution in [0.5, 0.6) is 0 Å². The van der Waals surface area contributed by atoms with Crippen molar-refractivity contribution in [1.82, 2.24) is 9.78 Å². The maximum atomic E-state index is 12.6. The van der Waals surface area contributed by atoms with Crippen LogP contribution in [0.4, 0.5) is 10.7 Å². The molecule has 0 saturated carbocycles. The van der Waals surface area contributed by atoms with Crippen LogP contribution < -0.4 is 5.32 Å². The molecule has 0 spiro atoms. The molecule has 0 unspecified atom stereocenters. The number of nitro groups is 1. The van der Waals surface area contributed by atoms with Gasteiger partial charge in [-0.1, -0.05) is 0 Å². The maximum Gasteiger partial charge on any atom is 0.341 e. The Balaban J connectivity index is 1.85. The third-order valence-corrected chi connectivity index (χ3v) is 5.93. The van der Waals surface area contributed by atoms with E-state index in [-0.39, 0.29) is 24.5 Å². The molecular weight excluding hydrogens is 384 g/mol. The van der Waals surface area contributed by atoms with Gasteiger partial charge in [0, 0.05) is 4.88 Å². The second-order valence-electron chi connectivity index (χ2n) is 6.62. The molecule has 1 N–H and O–H groups in total. The lowest BCUT2D eigenvalue weighted by molar-refractivity contribution is -0.386. The quantitative estimate of drug-likeness (QED) is 0.447. The summed E-state index contributed by atoms with van der Waals surface area (Å²) in [6, 6.07) is 0. The van der Waals surface area contributed by atoms with Crippen LogP contribution in [0, 0.1) is 24.0 Å². The highest BCUT2D eigenvalue weighted by Crippen LogP contribution is 2.38. The molecule has 9 nitrogen and oxygen atoms in total. The number of thiophene rings is 1. The van der Waals surface area contributed by atoms with Gasteiger partial charge in [-0.25, -0.2) is 4.79 Å². The van der Waals surface area contributed by atoms with Crippen molar-refractivity contribution in [3.63, 3.8) is 0 Å².